The molecule has 32 heavy (non-hydrogen) atoms. The molecule has 0 atom stereocenters. The number of rotatable bonds is 7. The van der Waals surface area contributed by atoms with Crippen molar-refractivity contribution in [2.24, 2.45) is 0 Å². The van der Waals surface area contributed by atoms with Crippen LogP contribution in [0.25, 0.3) is 10.9 Å². The van der Waals surface area contributed by atoms with Crippen molar-refractivity contribution in [1.29, 1.82) is 0 Å². The lowest BCUT2D eigenvalue weighted by atomic mass is 10.0. The Morgan fingerprint density at radius 3 is 2.31 bits per heavy atom. The highest BCUT2D eigenvalue weighted by Gasteiger charge is 2.25. The summed E-state index contributed by atoms with van der Waals surface area (Å²) in [4.78, 5) is 30.5. The van der Waals surface area contributed by atoms with Crippen LogP contribution in [-0.4, -0.2) is 54.0 Å². The molecule has 1 aliphatic rings. The van der Waals surface area contributed by atoms with Crippen molar-refractivity contribution in [2.75, 3.05) is 26.3 Å². The summed E-state index contributed by atoms with van der Waals surface area (Å²) in [6.45, 7) is 6.29. The molecule has 168 valence electrons. The number of hydrogen-bond donors (Lipinski definition) is 2. The Kier molecular flexibility index (Phi) is 6.63. The Labute approximate surface area is 187 Å². The number of carbonyl (C=O) groups excluding carboxylic acids is 2. The fourth-order valence-electron chi connectivity index (χ4n) is 4.02. The maximum atomic E-state index is 12.8. The van der Waals surface area contributed by atoms with Crippen molar-refractivity contribution in [3.63, 3.8) is 0 Å². The van der Waals surface area contributed by atoms with Crippen LogP contribution in [0.15, 0.2) is 48.5 Å². The molecule has 7 nitrogen and oxygen atoms in total. The van der Waals surface area contributed by atoms with Gasteiger partial charge < -0.3 is 24.7 Å². The first-order chi connectivity index (χ1) is 15.6. The Morgan fingerprint density at radius 1 is 0.969 bits per heavy atom. The van der Waals surface area contributed by atoms with Crippen LogP contribution in [0, 0.1) is 0 Å². The van der Waals surface area contributed by atoms with E-state index in [-0.39, 0.29) is 17.9 Å². The number of aromatic nitrogens is 1. The lowest BCUT2D eigenvalue weighted by molar-refractivity contribution is 0.0697. The Hall–Kier alpha value is -3.48. The molecule has 0 aliphatic carbocycles. The van der Waals surface area contributed by atoms with Crippen LogP contribution in [0.1, 0.15) is 47.5 Å². The van der Waals surface area contributed by atoms with E-state index in [1.165, 1.54) is 0 Å². The number of ether oxygens (including phenoxy) is 2. The summed E-state index contributed by atoms with van der Waals surface area (Å²) in [6.07, 6.45) is 1.45. The summed E-state index contributed by atoms with van der Waals surface area (Å²) in [6, 6.07) is 14.9. The van der Waals surface area contributed by atoms with Gasteiger partial charge in [-0.05, 0) is 69.2 Å². The second kappa shape index (κ2) is 9.77. The standard InChI is InChI=1S/C25H29N3O4/c1-3-31-20-8-5-17(6-9-20)25(30)28-13-11-19(12-14-28)26-24(29)23-15-18-7-10-21(32-4-2)16-22(18)27-23/h5-10,15-16,19,27H,3-4,11-14H2,1-2H3,(H,26,29). The van der Waals surface area contributed by atoms with Crippen LogP contribution in [0.5, 0.6) is 11.5 Å². The van der Waals surface area contributed by atoms with E-state index in [1.54, 1.807) is 12.1 Å². The van der Waals surface area contributed by atoms with E-state index in [0.717, 1.165) is 35.2 Å². The van der Waals surface area contributed by atoms with E-state index >= 15 is 0 Å². The summed E-state index contributed by atoms with van der Waals surface area (Å²) in [7, 11) is 0. The number of carbonyl (C=O) groups is 2. The zero-order valence-electron chi connectivity index (χ0n) is 18.5. The number of piperidine rings is 1. The highest BCUT2D eigenvalue weighted by Crippen LogP contribution is 2.22. The molecule has 1 fully saturated rings. The van der Waals surface area contributed by atoms with E-state index in [0.29, 0.717) is 37.6 Å². The van der Waals surface area contributed by atoms with Gasteiger partial charge in [0, 0.05) is 41.7 Å². The van der Waals surface area contributed by atoms with E-state index in [9.17, 15) is 9.59 Å². The number of nitrogens with zero attached hydrogens (tertiary/aromatic N) is 1. The number of nitrogens with one attached hydrogen (secondary N) is 2. The van der Waals surface area contributed by atoms with Crippen LogP contribution in [0.3, 0.4) is 0 Å². The molecule has 2 heterocycles. The van der Waals surface area contributed by atoms with Crippen molar-refractivity contribution in [3.05, 3.63) is 59.8 Å². The summed E-state index contributed by atoms with van der Waals surface area (Å²) in [5, 5.41) is 4.07. The second-order valence-electron chi connectivity index (χ2n) is 7.86. The van der Waals surface area contributed by atoms with Gasteiger partial charge in [-0.15, -0.1) is 0 Å². The molecule has 0 bridgehead atoms. The zero-order valence-corrected chi connectivity index (χ0v) is 18.5. The van der Waals surface area contributed by atoms with Gasteiger partial charge in [-0.1, -0.05) is 0 Å². The topological polar surface area (TPSA) is 83.7 Å². The van der Waals surface area contributed by atoms with Crippen LogP contribution >= 0.6 is 0 Å². The van der Waals surface area contributed by atoms with Crippen LogP contribution in [0.2, 0.25) is 0 Å². The Morgan fingerprint density at radius 2 is 1.62 bits per heavy atom. The molecule has 1 aromatic heterocycles. The SMILES string of the molecule is CCOc1ccc(C(=O)N2CCC(NC(=O)c3cc4ccc(OCC)cc4[nH]3)CC2)cc1. The van der Waals surface area contributed by atoms with Gasteiger partial charge >= 0.3 is 0 Å². The first-order valence-corrected chi connectivity index (χ1v) is 11.2. The molecule has 0 unspecified atom stereocenters. The van der Waals surface area contributed by atoms with Crippen LogP contribution < -0.4 is 14.8 Å². The number of aromatic amines is 1. The first-order valence-electron chi connectivity index (χ1n) is 11.2. The van der Waals surface area contributed by atoms with Crippen molar-refractivity contribution < 1.29 is 19.1 Å². The van der Waals surface area contributed by atoms with Crippen LogP contribution in [0.4, 0.5) is 0 Å². The van der Waals surface area contributed by atoms with Crippen molar-refractivity contribution >= 4 is 22.7 Å². The molecular formula is C25H29N3O4. The van der Waals surface area contributed by atoms with Gasteiger partial charge in [0.15, 0.2) is 0 Å². The highest BCUT2D eigenvalue weighted by molar-refractivity contribution is 5.98. The highest BCUT2D eigenvalue weighted by atomic mass is 16.5. The molecule has 7 heteroatoms. The summed E-state index contributed by atoms with van der Waals surface area (Å²) >= 11 is 0. The smallest absolute Gasteiger partial charge is 0.267 e. The normalized spacial score (nSPS) is 14.4. The minimum atomic E-state index is -0.129. The summed E-state index contributed by atoms with van der Waals surface area (Å²) < 4.78 is 11.0. The fraction of sp³-hybridized carbons (Fsp3) is 0.360. The number of benzene rings is 2. The van der Waals surface area contributed by atoms with Crippen molar-refractivity contribution in [1.82, 2.24) is 15.2 Å². The third-order valence-electron chi connectivity index (χ3n) is 5.68. The predicted octanol–water partition coefficient (Wildman–Crippen LogP) is 4.00. The molecule has 1 saturated heterocycles. The van der Waals surface area contributed by atoms with Crippen molar-refractivity contribution in [3.8, 4) is 11.5 Å². The van der Waals surface area contributed by atoms with Gasteiger partial charge in [-0.3, -0.25) is 9.59 Å². The maximum absolute atomic E-state index is 12.8. The summed E-state index contributed by atoms with van der Waals surface area (Å²) in [5.74, 6) is 1.42. The minimum absolute atomic E-state index is 0.0125. The molecule has 0 saturated carbocycles. The van der Waals surface area contributed by atoms with E-state index in [4.69, 9.17) is 9.47 Å². The fourth-order valence-corrected chi connectivity index (χ4v) is 4.02. The van der Waals surface area contributed by atoms with Gasteiger partial charge in [0.25, 0.3) is 11.8 Å². The number of H-pyrrole nitrogens is 1. The molecular weight excluding hydrogens is 406 g/mol. The summed E-state index contributed by atoms with van der Waals surface area (Å²) in [5.41, 5.74) is 2.05. The Balaban J connectivity index is 1.32. The van der Waals surface area contributed by atoms with E-state index < -0.39 is 0 Å². The molecule has 0 radical (unpaired) electrons. The third-order valence-corrected chi connectivity index (χ3v) is 5.68. The number of amides is 2. The molecule has 4 rings (SSSR count). The van der Waals surface area contributed by atoms with Gasteiger partial charge in [0.05, 0.1) is 13.2 Å². The monoisotopic (exact) mass is 435 g/mol. The Bertz CT molecular complexity index is 1080. The quantitative estimate of drug-likeness (QED) is 0.588. The average Bonchev–Trinajstić information content (AvgIpc) is 3.24. The van der Waals surface area contributed by atoms with Crippen LogP contribution in [-0.2, 0) is 0 Å². The van der Waals surface area contributed by atoms with Crippen molar-refractivity contribution in [2.45, 2.75) is 32.7 Å². The lowest BCUT2D eigenvalue weighted by Gasteiger charge is -2.32. The van der Waals surface area contributed by atoms with Gasteiger partial charge in [0.2, 0.25) is 0 Å². The van der Waals surface area contributed by atoms with Gasteiger partial charge in [0.1, 0.15) is 17.2 Å². The molecule has 3 aromatic rings. The number of hydrogen-bond acceptors (Lipinski definition) is 4. The lowest BCUT2D eigenvalue weighted by Crippen LogP contribution is -2.46. The number of likely N-dealkylation sites (tertiary alicyclic amines) is 1. The van der Waals surface area contributed by atoms with Gasteiger partial charge in [-0.2, -0.15) is 0 Å². The van der Waals surface area contributed by atoms with Gasteiger partial charge in [-0.25, -0.2) is 0 Å². The minimum Gasteiger partial charge on any atom is -0.494 e. The molecule has 1 aliphatic heterocycles. The predicted molar refractivity (Wildman–Crippen MR) is 123 cm³/mol. The maximum Gasteiger partial charge on any atom is 0.267 e. The largest absolute Gasteiger partial charge is 0.494 e. The third kappa shape index (κ3) is 4.88. The molecule has 2 amide bonds. The zero-order chi connectivity index (χ0) is 22.5. The average molecular weight is 436 g/mol. The van der Waals surface area contributed by atoms with E-state index in [1.807, 2.05) is 55.1 Å². The van der Waals surface area contributed by atoms with E-state index in [2.05, 4.69) is 10.3 Å². The molecule has 2 N–H and O–H groups in total. The molecule has 0 spiro atoms. The molecule has 2 aromatic carbocycles. The second-order valence-corrected chi connectivity index (χ2v) is 7.86. The first kappa shape index (κ1) is 21.7. The number of fused-ring (bicyclic) bond motifs is 1.